The van der Waals surface area contributed by atoms with Gasteiger partial charge in [-0.15, -0.1) is 0 Å². The molecular weight excluding hydrogens is 320 g/mol. The third-order valence-corrected chi connectivity index (χ3v) is 3.75. The molecule has 1 atom stereocenters. The minimum atomic E-state index is -0.764. The quantitative estimate of drug-likeness (QED) is 0.687. The molecular formula is C19H16N2O4. The number of amides is 1. The highest BCUT2D eigenvalue weighted by Crippen LogP contribution is 2.28. The van der Waals surface area contributed by atoms with Crippen molar-refractivity contribution in [3.05, 3.63) is 60.2 Å². The highest BCUT2D eigenvalue weighted by Gasteiger charge is 2.38. The summed E-state index contributed by atoms with van der Waals surface area (Å²) in [5.41, 5.74) is 1.41. The van der Waals surface area contributed by atoms with Crippen LogP contribution in [0.4, 0.5) is 11.4 Å². The number of ketones is 1. The summed E-state index contributed by atoms with van der Waals surface area (Å²) in [6.07, 6.45) is 0. The van der Waals surface area contributed by atoms with E-state index in [1.54, 1.807) is 48.5 Å². The monoisotopic (exact) mass is 336 g/mol. The van der Waals surface area contributed by atoms with E-state index in [0.29, 0.717) is 16.9 Å². The smallest absolute Gasteiger partial charge is 0.353 e. The van der Waals surface area contributed by atoms with Crippen molar-refractivity contribution in [1.82, 2.24) is 0 Å². The van der Waals surface area contributed by atoms with Crippen LogP contribution in [0.25, 0.3) is 0 Å². The Morgan fingerprint density at radius 3 is 2.48 bits per heavy atom. The Balaban J connectivity index is 1.97. The molecule has 6 heteroatoms. The van der Waals surface area contributed by atoms with Gasteiger partial charge in [0.05, 0.1) is 11.4 Å². The first-order chi connectivity index (χ1) is 12.1. The zero-order chi connectivity index (χ0) is 17.8. The van der Waals surface area contributed by atoms with Gasteiger partial charge in [-0.2, -0.15) is 0 Å². The summed E-state index contributed by atoms with van der Waals surface area (Å²) in [4.78, 5) is 40.4. The SMILES string of the molecule is CC(=O)Nc1ccccc1N=C1C(=O)OCC1C(=O)c1ccccc1. The van der Waals surface area contributed by atoms with Crippen LogP contribution < -0.4 is 5.32 Å². The highest BCUT2D eigenvalue weighted by molar-refractivity contribution is 6.44. The first-order valence-corrected chi connectivity index (χ1v) is 7.78. The number of carbonyl (C=O) groups is 3. The number of Topliss-reactive ketones (excluding diaryl/α,β-unsaturated/α-hetero) is 1. The number of hydrogen-bond donors (Lipinski definition) is 1. The molecule has 1 N–H and O–H groups in total. The number of anilines is 1. The molecule has 6 nitrogen and oxygen atoms in total. The molecule has 1 aliphatic heterocycles. The molecule has 0 spiro atoms. The van der Waals surface area contributed by atoms with Gasteiger partial charge >= 0.3 is 5.97 Å². The Bertz CT molecular complexity index is 859. The standard InChI is InChI=1S/C19H16N2O4/c1-12(22)20-15-9-5-6-10-16(15)21-17-14(11-25-19(17)24)18(23)13-7-3-2-4-8-13/h2-10,14H,11H2,1H3,(H,20,22). The Labute approximate surface area is 144 Å². The molecule has 0 bridgehead atoms. The van der Waals surface area contributed by atoms with Crippen LogP contribution in [0.5, 0.6) is 0 Å². The molecule has 0 aliphatic carbocycles. The Morgan fingerprint density at radius 1 is 1.08 bits per heavy atom. The van der Waals surface area contributed by atoms with Crippen LogP contribution >= 0.6 is 0 Å². The van der Waals surface area contributed by atoms with Crippen molar-refractivity contribution in [1.29, 1.82) is 0 Å². The van der Waals surface area contributed by atoms with Crippen molar-refractivity contribution in [3.63, 3.8) is 0 Å². The number of hydrogen-bond acceptors (Lipinski definition) is 5. The maximum atomic E-state index is 12.7. The fraction of sp³-hybridized carbons (Fsp3) is 0.158. The number of carbonyl (C=O) groups excluding carboxylic acids is 3. The van der Waals surface area contributed by atoms with Crippen LogP contribution in [0.15, 0.2) is 59.6 Å². The lowest BCUT2D eigenvalue weighted by atomic mass is 9.95. The van der Waals surface area contributed by atoms with Crippen LogP contribution in [0.2, 0.25) is 0 Å². The third-order valence-electron chi connectivity index (χ3n) is 3.75. The van der Waals surface area contributed by atoms with Crippen LogP contribution in [0.3, 0.4) is 0 Å². The minimum Gasteiger partial charge on any atom is -0.460 e. The van der Waals surface area contributed by atoms with Crippen molar-refractivity contribution in [3.8, 4) is 0 Å². The summed E-state index contributed by atoms with van der Waals surface area (Å²) >= 11 is 0. The van der Waals surface area contributed by atoms with Crippen LogP contribution in [-0.2, 0) is 14.3 Å². The maximum absolute atomic E-state index is 12.7. The van der Waals surface area contributed by atoms with Crippen molar-refractivity contribution in [2.24, 2.45) is 10.9 Å². The van der Waals surface area contributed by atoms with E-state index in [-0.39, 0.29) is 24.0 Å². The van der Waals surface area contributed by atoms with Crippen molar-refractivity contribution >= 4 is 34.7 Å². The number of para-hydroxylation sites is 2. The molecule has 1 amide bonds. The normalized spacial score (nSPS) is 18.0. The number of nitrogens with one attached hydrogen (secondary N) is 1. The number of rotatable bonds is 4. The number of aliphatic imine (C=N–C) groups is 1. The molecule has 1 fully saturated rings. The highest BCUT2D eigenvalue weighted by atomic mass is 16.5. The lowest BCUT2D eigenvalue weighted by molar-refractivity contribution is -0.132. The zero-order valence-electron chi connectivity index (χ0n) is 13.6. The molecule has 2 aromatic rings. The average molecular weight is 336 g/mol. The van der Waals surface area contributed by atoms with Gasteiger partial charge in [-0.05, 0) is 12.1 Å². The number of nitrogens with zero attached hydrogens (tertiary/aromatic N) is 1. The largest absolute Gasteiger partial charge is 0.460 e. The third kappa shape index (κ3) is 3.63. The summed E-state index contributed by atoms with van der Waals surface area (Å²) in [5.74, 6) is -1.85. The van der Waals surface area contributed by atoms with Crippen molar-refractivity contribution in [2.45, 2.75) is 6.92 Å². The molecule has 25 heavy (non-hydrogen) atoms. The molecule has 0 saturated carbocycles. The first-order valence-electron chi connectivity index (χ1n) is 7.78. The van der Waals surface area contributed by atoms with E-state index < -0.39 is 11.9 Å². The lowest BCUT2D eigenvalue weighted by Gasteiger charge is -2.09. The second-order valence-electron chi connectivity index (χ2n) is 5.58. The van der Waals surface area contributed by atoms with E-state index in [4.69, 9.17) is 4.74 Å². The number of benzene rings is 2. The summed E-state index contributed by atoms with van der Waals surface area (Å²) in [6, 6.07) is 15.5. The number of cyclic esters (lactones) is 1. The van der Waals surface area contributed by atoms with Crippen LogP contribution in [-0.4, -0.2) is 30.0 Å². The van der Waals surface area contributed by atoms with Crippen molar-refractivity contribution < 1.29 is 19.1 Å². The molecule has 3 rings (SSSR count). The summed E-state index contributed by atoms with van der Waals surface area (Å²) in [7, 11) is 0. The van der Waals surface area contributed by atoms with Gasteiger partial charge in [-0.1, -0.05) is 42.5 Å². The minimum absolute atomic E-state index is 0.0340. The Hall–Kier alpha value is -3.28. The summed E-state index contributed by atoms with van der Waals surface area (Å²) in [5, 5.41) is 2.65. The molecule has 1 saturated heterocycles. The molecule has 0 aromatic heterocycles. The van der Waals surface area contributed by atoms with Gasteiger partial charge in [0.1, 0.15) is 18.2 Å². The maximum Gasteiger partial charge on any atom is 0.353 e. The van der Waals surface area contributed by atoms with E-state index >= 15 is 0 Å². The topological polar surface area (TPSA) is 84.8 Å². The average Bonchev–Trinajstić information content (AvgIpc) is 2.97. The fourth-order valence-corrected chi connectivity index (χ4v) is 2.58. The zero-order valence-corrected chi connectivity index (χ0v) is 13.6. The van der Waals surface area contributed by atoms with Gasteiger partial charge in [-0.25, -0.2) is 9.79 Å². The second kappa shape index (κ2) is 7.09. The Kier molecular flexibility index (Phi) is 4.70. The van der Waals surface area contributed by atoms with Gasteiger partial charge in [-0.3, -0.25) is 9.59 Å². The van der Waals surface area contributed by atoms with Crippen molar-refractivity contribution in [2.75, 3.05) is 11.9 Å². The van der Waals surface area contributed by atoms with E-state index in [2.05, 4.69) is 10.3 Å². The predicted octanol–water partition coefficient (Wildman–Crippen LogP) is 2.77. The van der Waals surface area contributed by atoms with Gasteiger partial charge in [0.2, 0.25) is 5.91 Å². The van der Waals surface area contributed by atoms with Gasteiger partial charge < -0.3 is 10.1 Å². The summed E-state index contributed by atoms with van der Waals surface area (Å²) < 4.78 is 5.04. The molecule has 1 unspecified atom stereocenters. The Morgan fingerprint density at radius 2 is 1.76 bits per heavy atom. The van der Waals surface area contributed by atoms with E-state index in [0.717, 1.165) is 0 Å². The number of ether oxygens (including phenoxy) is 1. The van der Waals surface area contributed by atoms with E-state index in [1.165, 1.54) is 6.92 Å². The first kappa shape index (κ1) is 16.6. The predicted molar refractivity (Wildman–Crippen MR) is 93.1 cm³/mol. The van der Waals surface area contributed by atoms with Gasteiger partial charge in [0.15, 0.2) is 5.78 Å². The molecule has 2 aromatic carbocycles. The summed E-state index contributed by atoms with van der Waals surface area (Å²) in [6.45, 7) is 1.35. The van der Waals surface area contributed by atoms with Crippen LogP contribution in [0.1, 0.15) is 17.3 Å². The van der Waals surface area contributed by atoms with Crippen LogP contribution in [0, 0.1) is 5.92 Å². The molecule has 126 valence electrons. The van der Waals surface area contributed by atoms with E-state index in [1.807, 2.05) is 6.07 Å². The second-order valence-corrected chi connectivity index (χ2v) is 5.58. The van der Waals surface area contributed by atoms with E-state index in [9.17, 15) is 14.4 Å². The van der Waals surface area contributed by atoms with Gasteiger partial charge in [0, 0.05) is 12.5 Å². The lowest BCUT2D eigenvalue weighted by Crippen LogP contribution is -2.24. The molecule has 1 aliphatic rings. The van der Waals surface area contributed by atoms with Gasteiger partial charge in [0.25, 0.3) is 0 Å². The number of esters is 1. The fourth-order valence-electron chi connectivity index (χ4n) is 2.58. The molecule has 0 radical (unpaired) electrons. The molecule has 1 heterocycles.